The Kier molecular flexibility index (Phi) is 10.2. The van der Waals surface area contributed by atoms with Crippen molar-refractivity contribution in [3.8, 4) is 0 Å². The van der Waals surface area contributed by atoms with Gasteiger partial charge in [-0.25, -0.2) is 4.67 Å². The summed E-state index contributed by atoms with van der Waals surface area (Å²) in [4.78, 5) is 0. The van der Waals surface area contributed by atoms with Crippen LogP contribution in [0.15, 0.2) is 0 Å². The minimum absolute atomic E-state index is 0.172. The summed E-state index contributed by atoms with van der Waals surface area (Å²) in [5.74, 6) is 1.77. The lowest BCUT2D eigenvalue weighted by Gasteiger charge is -2.45. The Balaban J connectivity index is 3.16. The zero-order valence-electron chi connectivity index (χ0n) is 18.4. The summed E-state index contributed by atoms with van der Waals surface area (Å²) in [6.45, 7) is 19.2. The molecule has 1 aliphatic carbocycles. The number of hydrogen-bond donors (Lipinski definition) is 0. The molecule has 27 heavy (non-hydrogen) atoms. The Labute approximate surface area is 183 Å². The van der Waals surface area contributed by atoms with Gasteiger partial charge in [0.15, 0.2) is 0 Å². The number of alkyl halides is 3. The highest BCUT2D eigenvalue weighted by Gasteiger charge is 2.47. The van der Waals surface area contributed by atoms with E-state index in [1.807, 2.05) is 13.8 Å². The standard InChI is InChI=1S/C20H39Cl3NO2P/c1-13(2)17-11-10-16(7)12-18(17)25-27(24(14(3)4)15(5)6)26-19(8,9)20(21,22)23/h13-18H,10-12H2,1-9H3/t16-,17+,18-,27?/m1/s1. The Morgan fingerprint density at radius 1 is 0.963 bits per heavy atom. The van der Waals surface area contributed by atoms with Crippen LogP contribution in [0.25, 0.3) is 0 Å². The summed E-state index contributed by atoms with van der Waals surface area (Å²) < 4.78 is 13.9. The zero-order valence-corrected chi connectivity index (χ0v) is 21.6. The van der Waals surface area contributed by atoms with Crippen LogP contribution in [0.3, 0.4) is 0 Å². The molecule has 1 rings (SSSR count). The van der Waals surface area contributed by atoms with Crippen LogP contribution in [0.5, 0.6) is 0 Å². The summed E-state index contributed by atoms with van der Waals surface area (Å²) >= 11 is 18.7. The van der Waals surface area contributed by atoms with Gasteiger partial charge in [0, 0.05) is 12.1 Å². The molecule has 3 nitrogen and oxygen atoms in total. The molecule has 4 atom stereocenters. The van der Waals surface area contributed by atoms with Crippen LogP contribution in [0.2, 0.25) is 0 Å². The fraction of sp³-hybridized carbons (Fsp3) is 1.00. The van der Waals surface area contributed by atoms with Gasteiger partial charge in [-0.15, -0.1) is 0 Å². The molecule has 0 heterocycles. The molecule has 1 fully saturated rings. The number of nitrogens with zero attached hydrogens (tertiary/aromatic N) is 1. The summed E-state index contributed by atoms with van der Waals surface area (Å²) in [6, 6.07) is 0.529. The summed E-state index contributed by atoms with van der Waals surface area (Å²) in [7, 11) is -1.37. The predicted octanol–water partition coefficient (Wildman–Crippen LogP) is 7.97. The van der Waals surface area contributed by atoms with Crippen molar-refractivity contribution in [3.05, 3.63) is 0 Å². The molecular weight excluding hydrogens is 424 g/mol. The van der Waals surface area contributed by atoms with E-state index in [0.717, 1.165) is 6.42 Å². The average Bonchev–Trinajstić information content (AvgIpc) is 2.44. The van der Waals surface area contributed by atoms with Gasteiger partial charge in [-0.1, -0.05) is 62.0 Å². The summed E-state index contributed by atoms with van der Waals surface area (Å²) in [5.41, 5.74) is -0.959. The smallest absolute Gasteiger partial charge is 0.260 e. The third kappa shape index (κ3) is 7.42. The maximum Gasteiger partial charge on any atom is 0.260 e. The lowest BCUT2D eigenvalue weighted by atomic mass is 9.75. The van der Waals surface area contributed by atoms with Gasteiger partial charge in [-0.2, -0.15) is 0 Å². The van der Waals surface area contributed by atoms with Crippen LogP contribution in [-0.4, -0.2) is 32.3 Å². The van der Waals surface area contributed by atoms with Gasteiger partial charge in [-0.05, 0) is 72.1 Å². The Hall–Kier alpha value is 1.18. The molecule has 0 saturated heterocycles. The van der Waals surface area contributed by atoms with Crippen molar-refractivity contribution in [2.45, 2.75) is 109 Å². The minimum atomic E-state index is -1.53. The zero-order chi connectivity index (χ0) is 21.2. The monoisotopic (exact) mass is 461 g/mol. The Morgan fingerprint density at radius 2 is 1.48 bits per heavy atom. The maximum atomic E-state index is 6.74. The molecule has 1 aliphatic rings. The van der Waals surface area contributed by atoms with Crippen molar-refractivity contribution >= 4 is 43.3 Å². The topological polar surface area (TPSA) is 21.7 Å². The first-order valence-corrected chi connectivity index (χ1v) is 12.4. The Bertz CT molecular complexity index is 447. The highest BCUT2D eigenvalue weighted by atomic mass is 35.6. The van der Waals surface area contributed by atoms with Gasteiger partial charge in [0.05, 0.1) is 6.10 Å². The van der Waals surface area contributed by atoms with Crippen LogP contribution in [0.1, 0.15) is 81.6 Å². The van der Waals surface area contributed by atoms with Crippen LogP contribution in [0.4, 0.5) is 0 Å². The fourth-order valence-electron chi connectivity index (χ4n) is 3.70. The molecule has 0 amide bonds. The van der Waals surface area contributed by atoms with Crippen LogP contribution >= 0.6 is 43.3 Å². The van der Waals surface area contributed by atoms with Gasteiger partial charge < -0.3 is 9.05 Å². The first-order valence-electron chi connectivity index (χ1n) is 10.2. The van der Waals surface area contributed by atoms with E-state index in [1.165, 1.54) is 12.8 Å². The van der Waals surface area contributed by atoms with E-state index in [0.29, 0.717) is 17.8 Å². The van der Waals surface area contributed by atoms with Crippen molar-refractivity contribution in [3.63, 3.8) is 0 Å². The third-order valence-electron chi connectivity index (χ3n) is 5.42. The average molecular weight is 463 g/mol. The van der Waals surface area contributed by atoms with Crippen molar-refractivity contribution in [2.24, 2.45) is 17.8 Å². The lowest BCUT2D eigenvalue weighted by Crippen LogP contribution is -2.43. The van der Waals surface area contributed by atoms with E-state index in [4.69, 9.17) is 43.9 Å². The minimum Gasteiger partial charge on any atom is -0.318 e. The first kappa shape index (κ1) is 26.2. The second-order valence-electron chi connectivity index (χ2n) is 9.37. The van der Waals surface area contributed by atoms with Crippen molar-refractivity contribution in [2.75, 3.05) is 0 Å². The Morgan fingerprint density at radius 3 is 1.89 bits per heavy atom. The van der Waals surface area contributed by atoms with Gasteiger partial charge in [-0.3, -0.25) is 0 Å². The molecule has 0 N–H and O–H groups in total. The predicted molar refractivity (Wildman–Crippen MR) is 121 cm³/mol. The normalized spacial score (nSPS) is 26.4. The van der Waals surface area contributed by atoms with Gasteiger partial charge in [0.1, 0.15) is 5.60 Å². The summed E-state index contributed by atoms with van der Waals surface area (Å²) in [5, 5.41) is 0. The highest BCUT2D eigenvalue weighted by molar-refractivity contribution is 7.44. The summed E-state index contributed by atoms with van der Waals surface area (Å²) in [6.07, 6.45) is 3.69. The molecule has 0 radical (unpaired) electrons. The van der Waals surface area contributed by atoms with Crippen LogP contribution < -0.4 is 0 Å². The SMILES string of the molecule is CC(C)[C@@H]1CC[C@@H](C)C[C@H]1OP(OC(C)(C)C(Cl)(Cl)Cl)N(C(C)C)C(C)C. The molecule has 162 valence electrons. The van der Waals surface area contributed by atoms with Gasteiger partial charge in [0.2, 0.25) is 3.79 Å². The van der Waals surface area contributed by atoms with E-state index in [-0.39, 0.29) is 18.2 Å². The van der Waals surface area contributed by atoms with E-state index < -0.39 is 17.9 Å². The van der Waals surface area contributed by atoms with E-state index >= 15 is 0 Å². The molecule has 0 aromatic rings. The molecule has 7 heteroatoms. The van der Waals surface area contributed by atoms with Crippen LogP contribution in [-0.2, 0) is 9.05 Å². The number of rotatable bonds is 8. The molecule has 0 bridgehead atoms. The molecule has 1 saturated carbocycles. The molecular formula is C20H39Cl3NO2P. The van der Waals surface area contributed by atoms with E-state index in [2.05, 4.69) is 53.1 Å². The van der Waals surface area contributed by atoms with Crippen molar-refractivity contribution in [1.29, 1.82) is 0 Å². The molecule has 0 spiro atoms. The quantitative estimate of drug-likeness (QED) is 0.269. The largest absolute Gasteiger partial charge is 0.318 e. The lowest BCUT2D eigenvalue weighted by molar-refractivity contribution is 0.00769. The van der Waals surface area contributed by atoms with Crippen molar-refractivity contribution in [1.82, 2.24) is 4.67 Å². The van der Waals surface area contributed by atoms with E-state index in [9.17, 15) is 0 Å². The molecule has 1 unspecified atom stereocenters. The molecule has 0 aromatic carbocycles. The van der Waals surface area contributed by atoms with Gasteiger partial charge in [0.25, 0.3) is 8.53 Å². The maximum absolute atomic E-state index is 6.74. The second kappa shape index (κ2) is 10.5. The second-order valence-corrected chi connectivity index (χ2v) is 13.0. The van der Waals surface area contributed by atoms with Gasteiger partial charge >= 0.3 is 0 Å². The highest BCUT2D eigenvalue weighted by Crippen LogP contribution is 2.56. The van der Waals surface area contributed by atoms with Crippen LogP contribution in [0, 0.1) is 17.8 Å². The molecule has 0 aromatic heterocycles. The fourth-order valence-corrected chi connectivity index (χ4v) is 5.97. The van der Waals surface area contributed by atoms with Crippen molar-refractivity contribution < 1.29 is 9.05 Å². The number of halogens is 3. The third-order valence-corrected chi connectivity index (χ3v) is 9.15. The first-order chi connectivity index (χ1) is 12.2. The van der Waals surface area contributed by atoms with E-state index in [1.54, 1.807) is 0 Å². The molecule has 0 aliphatic heterocycles. The number of hydrogen-bond acceptors (Lipinski definition) is 3.